The second-order valence-corrected chi connectivity index (χ2v) is 5.87. The molecule has 1 aromatic carbocycles. The van der Waals surface area contributed by atoms with Gasteiger partial charge >= 0.3 is 6.18 Å². The van der Waals surface area contributed by atoms with E-state index in [9.17, 15) is 13.2 Å². The van der Waals surface area contributed by atoms with E-state index in [2.05, 4.69) is 36.2 Å². The van der Waals surface area contributed by atoms with Crippen molar-refractivity contribution < 1.29 is 17.6 Å². The molecule has 0 unspecified atom stereocenters. The third-order valence-corrected chi connectivity index (χ3v) is 3.97. The highest BCUT2D eigenvalue weighted by Crippen LogP contribution is 2.37. The SMILES string of the molecule is Nc1ncc(-c2ccc(C(F)(F)F)cc2Br)c(NCc2cocn2)n1. The van der Waals surface area contributed by atoms with Crippen molar-refractivity contribution in [3.05, 3.63) is 52.8 Å². The molecular weight excluding hydrogens is 403 g/mol. The number of hydrogen-bond acceptors (Lipinski definition) is 6. The van der Waals surface area contributed by atoms with Crippen LogP contribution in [0.3, 0.4) is 0 Å². The number of nitrogens with two attached hydrogens (primary N) is 1. The second-order valence-electron chi connectivity index (χ2n) is 5.02. The van der Waals surface area contributed by atoms with Gasteiger partial charge in [0, 0.05) is 21.8 Å². The molecule has 0 radical (unpaired) electrons. The zero-order valence-corrected chi connectivity index (χ0v) is 14.1. The number of halogens is 4. The van der Waals surface area contributed by atoms with E-state index in [1.165, 1.54) is 24.9 Å². The molecule has 0 aliphatic heterocycles. The number of anilines is 2. The average Bonchev–Trinajstić information content (AvgIpc) is 3.06. The zero-order chi connectivity index (χ0) is 18.0. The lowest BCUT2D eigenvalue weighted by Gasteiger charge is -2.13. The van der Waals surface area contributed by atoms with E-state index in [1.54, 1.807) is 0 Å². The van der Waals surface area contributed by atoms with Crippen LogP contribution in [0.1, 0.15) is 11.3 Å². The van der Waals surface area contributed by atoms with Gasteiger partial charge in [0.1, 0.15) is 12.1 Å². The molecule has 0 aliphatic carbocycles. The summed E-state index contributed by atoms with van der Waals surface area (Å²) in [6.45, 7) is 0.304. The first-order valence-electron chi connectivity index (χ1n) is 6.95. The number of hydrogen-bond donors (Lipinski definition) is 2. The van der Waals surface area contributed by atoms with Gasteiger partial charge in [-0.05, 0) is 12.1 Å². The molecule has 10 heteroatoms. The molecule has 2 heterocycles. The first-order chi connectivity index (χ1) is 11.8. The van der Waals surface area contributed by atoms with E-state index < -0.39 is 11.7 Å². The summed E-state index contributed by atoms with van der Waals surface area (Å²) in [4.78, 5) is 12.0. The van der Waals surface area contributed by atoms with Crippen molar-refractivity contribution in [2.45, 2.75) is 12.7 Å². The summed E-state index contributed by atoms with van der Waals surface area (Å²) in [6.07, 6.45) is -0.225. The Balaban J connectivity index is 1.96. The van der Waals surface area contributed by atoms with Crippen LogP contribution in [0.2, 0.25) is 0 Å². The van der Waals surface area contributed by atoms with Crippen LogP contribution < -0.4 is 11.1 Å². The monoisotopic (exact) mass is 413 g/mol. The molecule has 0 bridgehead atoms. The van der Waals surface area contributed by atoms with Gasteiger partial charge in [-0.2, -0.15) is 18.2 Å². The summed E-state index contributed by atoms with van der Waals surface area (Å²) < 4.78 is 43.6. The average molecular weight is 414 g/mol. The lowest BCUT2D eigenvalue weighted by Crippen LogP contribution is -2.07. The predicted molar refractivity (Wildman–Crippen MR) is 88.4 cm³/mol. The van der Waals surface area contributed by atoms with Gasteiger partial charge in [0.05, 0.1) is 17.8 Å². The highest BCUT2D eigenvalue weighted by Gasteiger charge is 2.31. The van der Waals surface area contributed by atoms with E-state index in [-0.39, 0.29) is 10.4 Å². The predicted octanol–water partition coefficient (Wildman–Crippen LogP) is 4.11. The van der Waals surface area contributed by atoms with Crippen molar-refractivity contribution in [2.24, 2.45) is 0 Å². The first-order valence-corrected chi connectivity index (χ1v) is 7.74. The fourth-order valence-corrected chi connectivity index (χ4v) is 2.73. The third-order valence-electron chi connectivity index (χ3n) is 3.31. The van der Waals surface area contributed by atoms with Gasteiger partial charge in [-0.25, -0.2) is 9.97 Å². The van der Waals surface area contributed by atoms with Gasteiger partial charge in [0.2, 0.25) is 5.95 Å². The Morgan fingerprint density at radius 1 is 1.20 bits per heavy atom. The van der Waals surface area contributed by atoms with E-state index in [4.69, 9.17) is 10.2 Å². The van der Waals surface area contributed by atoms with Gasteiger partial charge < -0.3 is 15.5 Å². The highest BCUT2D eigenvalue weighted by atomic mass is 79.9. The first kappa shape index (κ1) is 17.2. The number of aromatic nitrogens is 3. The smallest absolute Gasteiger partial charge is 0.416 e. The Labute approximate surface area is 148 Å². The molecule has 6 nitrogen and oxygen atoms in total. The summed E-state index contributed by atoms with van der Waals surface area (Å²) in [6, 6.07) is 3.36. The van der Waals surface area contributed by atoms with Gasteiger partial charge in [0.15, 0.2) is 6.39 Å². The van der Waals surface area contributed by atoms with Crippen molar-refractivity contribution in [3.8, 4) is 11.1 Å². The number of oxazole rings is 1. The van der Waals surface area contributed by atoms with Gasteiger partial charge in [0.25, 0.3) is 0 Å². The maximum Gasteiger partial charge on any atom is 0.416 e. The van der Waals surface area contributed by atoms with Crippen LogP contribution in [0.15, 0.2) is 45.9 Å². The standard InChI is InChI=1S/C15H11BrF3N5O/c16-12-3-8(15(17,18)19)1-2-10(12)11-5-22-14(20)24-13(11)21-4-9-6-25-7-23-9/h1-3,5-7H,4H2,(H3,20,21,22,24). The van der Waals surface area contributed by atoms with Crippen molar-refractivity contribution in [1.29, 1.82) is 0 Å². The Hall–Kier alpha value is -2.62. The van der Waals surface area contributed by atoms with E-state index in [0.29, 0.717) is 29.2 Å². The van der Waals surface area contributed by atoms with Crippen LogP contribution in [-0.4, -0.2) is 15.0 Å². The minimum atomic E-state index is -4.42. The topological polar surface area (TPSA) is 89.9 Å². The van der Waals surface area contributed by atoms with Crippen molar-refractivity contribution in [2.75, 3.05) is 11.1 Å². The Morgan fingerprint density at radius 3 is 2.64 bits per heavy atom. The molecule has 3 N–H and O–H groups in total. The van der Waals surface area contributed by atoms with Crippen LogP contribution >= 0.6 is 15.9 Å². The molecule has 2 aromatic heterocycles. The van der Waals surface area contributed by atoms with Gasteiger partial charge in [-0.15, -0.1) is 0 Å². The maximum absolute atomic E-state index is 12.8. The second kappa shape index (κ2) is 6.71. The summed E-state index contributed by atoms with van der Waals surface area (Å²) in [5.74, 6) is 0.408. The maximum atomic E-state index is 12.8. The van der Waals surface area contributed by atoms with Crippen LogP contribution in [0.5, 0.6) is 0 Å². The number of rotatable bonds is 4. The quantitative estimate of drug-likeness (QED) is 0.668. The minimum absolute atomic E-state index is 0.0365. The van der Waals surface area contributed by atoms with E-state index >= 15 is 0 Å². The van der Waals surface area contributed by atoms with Crippen molar-refractivity contribution >= 4 is 27.7 Å². The van der Waals surface area contributed by atoms with Crippen LogP contribution in [-0.2, 0) is 12.7 Å². The number of nitrogens with zero attached hydrogens (tertiary/aromatic N) is 3. The van der Waals surface area contributed by atoms with Gasteiger partial charge in [-0.1, -0.05) is 22.0 Å². The van der Waals surface area contributed by atoms with Gasteiger partial charge in [-0.3, -0.25) is 0 Å². The summed E-state index contributed by atoms with van der Waals surface area (Å²) in [7, 11) is 0. The van der Waals surface area contributed by atoms with Crippen LogP contribution in [0.25, 0.3) is 11.1 Å². The normalized spacial score (nSPS) is 11.5. The summed E-state index contributed by atoms with van der Waals surface area (Å²) in [5, 5.41) is 3.03. The largest absolute Gasteiger partial charge is 0.451 e. The molecular formula is C15H11BrF3N5O. The molecule has 0 saturated carbocycles. The van der Waals surface area contributed by atoms with Crippen molar-refractivity contribution in [1.82, 2.24) is 15.0 Å². The lowest BCUT2D eigenvalue weighted by atomic mass is 10.1. The molecule has 0 fully saturated rings. The molecule has 0 atom stereocenters. The minimum Gasteiger partial charge on any atom is -0.451 e. The molecule has 3 aromatic rings. The van der Waals surface area contributed by atoms with Crippen molar-refractivity contribution in [3.63, 3.8) is 0 Å². The molecule has 3 rings (SSSR count). The third kappa shape index (κ3) is 3.90. The Bertz CT molecular complexity index is 883. The fraction of sp³-hybridized carbons (Fsp3) is 0.133. The van der Waals surface area contributed by atoms with E-state index in [0.717, 1.165) is 12.1 Å². The highest BCUT2D eigenvalue weighted by molar-refractivity contribution is 9.10. The molecule has 25 heavy (non-hydrogen) atoms. The number of nitrogens with one attached hydrogen (secondary N) is 1. The fourth-order valence-electron chi connectivity index (χ4n) is 2.14. The number of benzene rings is 1. The lowest BCUT2D eigenvalue weighted by molar-refractivity contribution is -0.137. The summed E-state index contributed by atoms with van der Waals surface area (Å²) >= 11 is 3.18. The zero-order valence-electron chi connectivity index (χ0n) is 12.5. The van der Waals surface area contributed by atoms with Crippen LogP contribution in [0, 0.1) is 0 Å². The number of alkyl halides is 3. The Kier molecular flexibility index (Phi) is 4.62. The Morgan fingerprint density at radius 2 is 2.00 bits per heavy atom. The molecule has 0 amide bonds. The molecule has 0 saturated heterocycles. The molecule has 0 spiro atoms. The summed E-state index contributed by atoms with van der Waals surface area (Å²) in [5.41, 5.74) is 6.49. The molecule has 0 aliphatic rings. The van der Waals surface area contributed by atoms with Crippen LogP contribution in [0.4, 0.5) is 24.9 Å². The molecule has 130 valence electrons. The van der Waals surface area contributed by atoms with E-state index in [1.807, 2.05) is 0 Å². The number of nitrogen functional groups attached to an aromatic ring is 1.